The molecule has 2 heteroatoms. The summed E-state index contributed by atoms with van der Waals surface area (Å²) in [6.07, 6.45) is 9.38. The van der Waals surface area contributed by atoms with E-state index >= 15 is 0 Å². The molecule has 0 nitrogen and oxygen atoms in total. The van der Waals surface area contributed by atoms with Gasteiger partial charge in [0.1, 0.15) is 0 Å². The minimum atomic E-state index is 0. The van der Waals surface area contributed by atoms with E-state index in [0.717, 1.165) is 0 Å². The van der Waals surface area contributed by atoms with Crippen LogP contribution >= 0.6 is 0 Å². The average molecular weight is 731 g/mol. The van der Waals surface area contributed by atoms with Crippen molar-refractivity contribution in [2.45, 2.75) is 139 Å². The first-order chi connectivity index (χ1) is 25.0. The van der Waals surface area contributed by atoms with Gasteiger partial charge >= 0.3 is 37.7 Å². The quantitative estimate of drug-likeness (QED) is 0.101. The predicted octanol–water partition coefficient (Wildman–Crippen LogP) is 9.40. The third-order valence-electron chi connectivity index (χ3n) is 11.2. The summed E-state index contributed by atoms with van der Waals surface area (Å²) in [5.74, 6) is 1.97. The zero-order valence-electron chi connectivity index (χ0n) is 38.5. The van der Waals surface area contributed by atoms with Crippen LogP contribution in [0, 0.1) is 17.8 Å². The fourth-order valence-electron chi connectivity index (χ4n) is 7.53. The van der Waals surface area contributed by atoms with Gasteiger partial charge in [-0.3, -0.25) is 0 Å². The summed E-state index contributed by atoms with van der Waals surface area (Å²) < 4.78 is 0. The third kappa shape index (κ3) is 10.7. The van der Waals surface area contributed by atoms with E-state index in [9.17, 15) is 0 Å². The number of hydrogen-bond acceptors (Lipinski definition) is 0. The molecule has 0 saturated heterocycles. The van der Waals surface area contributed by atoms with Crippen molar-refractivity contribution in [1.29, 1.82) is 0 Å². The van der Waals surface area contributed by atoms with Gasteiger partial charge in [-0.1, -0.05) is 251 Å². The first kappa shape index (κ1) is 47.4. The molecule has 0 atom stereocenters. The van der Waals surface area contributed by atoms with Gasteiger partial charge in [0.05, 0.1) is 0 Å². The maximum atomic E-state index is 2.56. The Morgan fingerprint density at radius 3 is 1.25 bits per heavy atom. The normalized spacial score (nSPS) is 14.5. The zero-order chi connectivity index (χ0) is 40.0. The van der Waals surface area contributed by atoms with Crippen molar-refractivity contribution < 1.29 is 37.7 Å². The molecule has 0 spiro atoms. The van der Waals surface area contributed by atoms with Crippen LogP contribution in [-0.2, 0) is 16.2 Å². The monoisotopic (exact) mass is 731 g/mol. The SMILES string of the molecule is CC(C)c1cc(C(C)C)c([C-](c2ccc(C(C)(C)C)cc2)c2ccc(C(C)(C)C)cc2)cc1/C(=C1\C=CC(C(C)(C)C)=C[CH-]1)c1ccc(C(C)(C)C)cc1.[Li+].[Li+]. The molecule has 1 aliphatic rings. The molecule has 286 valence electrons. The van der Waals surface area contributed by atoms with Crippen molar-refractivity contribution in [3.05, 3.63) is 182 Å². The maximum absolute atomic E-state index is 2.56. The zero-order valence-corrected chi connectivity index (χ0v) is 38.5. The Morgan fingerprint density at radius 1 is 0.500 bits per heavy atom. The minimum absolute atomic E-state index is 0. The van der Waals surface area contributed by atoms with Crippen LogP contribution in [-0.4, -0.2) is 0 Å². The van der Waals surface area contributed by atoms with E-state index in [1.165, 1.54) is 78.3 Å². The van der Waals surface area contributed by atoms with Gasteiger partial charge in [-0.25, -0.2) is 0 Å². The van der Waals surface area contributed by atoms with Crippen LogP contribution in [0.25, 0.3) is 5.57 Å². The molecule has 0 radical (unpaired) electrons. The van der Waals surface area contributed by atoms with Gasteiger partial charge in [-0.2, -0.15) is 0 Å². The van der Waals surface area contributed by atoms with Gasteiger partial charge in [0.25, 0.3) is 0 Å². The van der Waals surface area contributed by atoms with Crippen molar-refractivity contribution in [2.75, 3.05) is 0 Å². The second kappa shape index (κ2) is 17.9. The van der Waals surface area contributed by atoms with E-state index in [0.29, 0.717) is 11.8 Å². The molecule has 5 rings (SSSR count). The molecule has 0 saturated carbocycles. The van der Waals surface area contributed by atoms with Crippen LogP contribution in [0.1, 0.15) is 178 Å². The van der Waals surface area contributed by atoms with Crippen molar-refractivity contribution in [3.63, 3.8) is 0 Å². The van der Waals surface area contributed by atoms with Crippen LogP contribution in [0.5, 0.6) is 0 Å². The van der Waals surface area contributed by atoms with Gasteiger partial charge in [-0.05, 0) is 39.1 Å². The molecule has 4 aromatic rings. The van der Waals surface area contributed by atoms with Gasteiger partial charge < -0.3 is 0 Å². The summed E-state index contributed by atoms with van der Waals surface area (Å²) in [7, 11) is 0. The van der Waals surface area contributed by atoms with Gasteiger partial charge in [0, 0.05) is 0 Å². The molecule has 0 heterocycles. The van der Waals surface area contributed by atoms with E-state index in [-0.39, 0.29) is 59.4 Å². The Morgan fingerprint density at radius 2 is 0.911 bits per heavy atom. The molecule has 4 aromatic carbocycles. The molecule has 0 amide bonds. The maximum Gasteiger partial charge on any atom is 1.00 e. The summed E-state index contributed by atoms with van der Waals surface area (Å²) in [6.45, 7) is 37.0. The molecule has 0 bridgehead atoms. The summed E-state index contributed by atoms with van der Waals surface area (Å²) in [4.78, 5) is 0. The smallest absolute Gasteiger partial charge is 0.144 e. The van der Waals surface area contributed by atoms with Crippen LogP contribution in [0.15, 0.2) is 114 Å². The third-order valence-corrected chi connectivity index (χ3v) is 11.2. The second-order valence-electron chi connectivity index (χ2n) is 20.4. The van der Waals surface area contributed by atoms with E-state index in [2.05, 4.69) is 220 Å². The van der Waals surface area contributed by atoms with Crippen LogP contribution in [0.3, 0.4) is 0 Å². The topological polar surface area (TPSA) is 0 Å². The van der Waals surface area contributed by atoms with E-state index in [1.54, 1.807) is 0 Å². The van der Waals surface area contributed by atoms with Crippen molar-refractivity contribution in [3.8, 4) is 0 Å². The van der Waals surface area contributed by atoms with E-state index < -0.39 is 0 Å². The Labute approximate surface area is 367 Å². The number of rotatable bonds is 7. The van der Waals surface area contributed by atoms with Crippen LogP contribution in [0.4, 0.5) is 0 Å². The summed E-state index contributed by atoms with van der Waals surface area (Å²) >= 11 is 0. The molecule has 1 aliphatic carbocycles. The second-order valence-corrected chi connectivity index (χ2v) is 20.4. The summed E-state index contributed by atoms with van der Waals surface area (Å²) in [5.41, 5.74) is 17.4. The summed E-state index contributed by atoms with van der Waals surface area (Å²) in [5, 5.41) is 0. The fraction of sp³-hybridized carbons (Fsp3) is 0.407. The molecule has 0 aromatic heterocycles. The molecule has 0 unspecified atom stereocenters. The Kier molecular flexibility index (Phi) is 15.1. The molecule has 56 heavy (non-hydrogen) atoms. The number of hydrogen-bond donors (Lipinski definition) is 0. The standard InChI is InChI=1S/C54H68.2Li/c1-35(2)45-33-46(36(3)4)48(50(39-21-29-43(30-22-39)53(11,12)13)40-23-31-44(32-24-40)54(14,15)16)34-47(45)49(37-17-25-41(26-18-37)51(5,6)7)38-19-27-42(28-20-38)52(8,9)10;;/h17-36H,1-16H3;;/q-2;2*+1. The molecule has 0 N–H and O–H groups in total. The van der Waals surface area contributed by atoms with E-state index in [1.807, 2.05) is 0 Å². The number of allylic oxidation sites excluding steroid dienone is 5. The molecule has 0 aliphatic heterocycles. The molecular formula is C54H68Li2. The predicted molar refractivity (Wildman–Crippen MR) is 238 cm³/mol. The Balaban J connectivity index is 0.00000420. The van der Waals surface area contributed by atoms with E-state index in [4.69, 9.17) is 0 Å². The first-order valence-corrected chi connectivity index (χ1v) is 20.3. The fourth-order valence-corrected chi connectivity index (χ4v) is 7.53. The number of benzene rings is 4. The van der Waals surface area contributed by atoms with Crippen molar-refractivity contribution in [2.24, 2.45) is 5.41 Å². The van der Waals surface area contributed by atoms with Crippen LogP contribution < -0.4 is 37.7 Å². The minimum Gasteiger partial charge on any atom is -0.144 e. The van der Waals surface area contributed by atoms with Crippen molar-refractivity contribution >= 4 is 5.57 Å². The molecule has 0 fully saturated rings. The first-order valence-electron chi connectivity index (χ1n) is 20.3. The van der Waals surface area contributed by atoms with Gasteiger partial charge in [0.15, 0.2) is 0 Å². The average Bonchev–Trinajstić information content (AvgIpc) is 3.08. The van der Waals surface area contributed by atoms with Gasteiger partial charge in [-0.15, -0.1) is 41.9 Å². The summed E-state index contributed by atoms with van der Waals surface area (Å²) in [6, 6.07) is 33.2. The Hall–Kier alpha value is -2.97. The van der Waals surface area contributed by atoms with Gasteiger partial charge in [0.2, 0.25) is 0 Å². The van der Waals surface area contributed by atoms with Crippen LogP contribution in [0.2, 0.25) is 0 Å². The largest absolute Gasteiger partial charge is 1.00 e. The molecular weight excluding hydrogens is 662 g/mol. The van der Waals surface area contributed by atoms with Crippen molar-refractivity contribution in [1.82, 2.24) is 0 Å². The Bertz CT molecular complexity index is 1960.